The molecule has 29 heavy (non-hydrogen) atoms. The Bertz CT molecular complexity index is 1200. The highest BCUT2D eigenvalue weighted by Gasteiger charge is 2.15. The number of hydrogen-bond acceptors (Lipinski definition) is 6. The largest absolute Gasteiger partial charge is 0.461 e. The molecule has 0 bridgehead atoms. The van der Waals surface area contributed by atoms with E-state index >= 15 is 0 Å². The molecule has 152 valence electrons. The summed E-state index contributed by atoms with van der Waals surface area (Å²) in [6.07, 6.45) is -0.161. The molecule has 3 rings (SSSR count). The third-order valence-corrected chi connectivity index (χ3v) is 5.85. The highest BCUT2D eigenvalue weighted by atomic mass is 35.5. The Balaban J connectivity index is 1.57. The Kier molecular flexibility index (Phi) is 6.36. The molecule has 1 aromatic heterocycles. The molecule has 0 saturated heterocycles. The third kappa shape index (κ3) is 5.44. The van der Waals surface area contributed by atoms with Crippen LogP contribution in [-0.2, 0) is 26.2 Å². The van der Waals surface area contributed by atoms with Crippen molar-refractivity contribution in [2.45, 2.75) is 24.8 Å². The summed E-state index contributed by atoms with van der Waals surface area (Å²) in [5.41, 5.74) is 1.33. The fraction of sp³-hybridized carbons (Fsp3) is 0.200. The minimum atomic E-state index is -3.75. The van der Waals surface area contributed by atoms with E-state index in [0.29, 0.717) is 21.6 Å². The molecule has 0 unspecified atom stereocenters. The highest BCUT2D eigenvalue weighted by molar-refractivity contribution is 7.89. The summed E-state index contributed by atoms with van der Waals surface area (Å²) in [5, 5.41) is 1.09. The van der Waals surface area contributed by atoms with Gasteiger partial charge in [-0.3, -0.25) is 4.79 Å². The first-order valence-corrected chi connectivity index (χ1v) is 10.5. The van der Waals surface area contributed by atoms with E-state index in [4.69, 9.17) is 20.8 Å². The summed E-state index contributed by atoms with van der Waals surface area (Å²) in [7, 11) is -3.75. The summed E-state index contributed by atoms with van der Waals surface area (Å²) in [4.78, 5) is 23.7. The van der Waals surface area contributed by atoms with Crippen LogP contribution in [0.5, 0.6) is 0 Å². The van der Waals surface area contributed by atoms with Crippen molar-refractivity contribution in [3.05, 3.63) is 75.1 Å². The third-order valence-electron chi connectivity index (χ3n) is 4.12. The SMILES string of the molecule is Cc1ccc2c(COC(=O)CCNS(=O)(=O)c3ccc(Cl)cc3)cc(=O)oc2c1. The number of carbonyl (C=O) groups excluding carboxylic acids is 1. The highest BCUT2D eigenvalue weighted by Crippen LogP contribution is 2.19. The molecule has 0 fully saturated rings. The molecule has 0 atom stereocenters. The van der Waals surface area contributed by atoms with E-state index in [1.807, 2.05) is 13.0 Å². The molecule has 0 spiro atoms. The van der Waals surface area contributed by atoms with Crippen LogP contribution in [-0.4, -0.2) is 20.9 Å². The van der Waals surface area contributed by atoms with E-state index in [0.717, 1.165) is 5.56 Å². The monoisotopic (exact) mass is 435 g/mol. The van der Waals surface area contributed by atoms with Gasteiger partial charge in [-0.1, -0.05) is 23.7 Å². The van der Waals surface area contributed by atoms with Gasteiger partial charge in [0.25, 0.3) is 0 Å². The predicted molar refractivity (Wildman–Crippen MR) is 108 cm³/mol. The molecule has 9 heteroatoms. The van der Waals surface area contributed by atoms with Crippen LogP contribution in [0.15, 0.2) is 62.6 Å². The fourth-order valence-electron chi connectivity index (χ4n) is 2.67. The number of sulfonamides is 1. The van der Waals surface area contributed by atoms with Gasteiger partial charge in [-0.15, -0.1) is 0 Å². The van der Waals surface area contributed by atoms with Crippen LogP contribution in [0, 0.1) is 6.92 Å². The second-order valence-corrected chi connectivity index (χ2v) is 8.56. The zero-order chi connectivity index (χ0) is 21.0. The number of carbonyl (C=O) groups is 1. The van der Waals surface area contributed by atoms with Gasteiger partial charge >= 0.3 is 11.6 Å². The van der Waals surface area contributed by atoms with Crippen LogP contribution < -0.4 is 10.3 Å². The topological polar surface area (TPSA) is 103 Å². The lowest BCUT2D eigenvalue weighted by molar-refractivity contribution is -0.144. The Hall–Kier alpha value is -2.68. The molecule has 0 saturated carbocycles. The van der Waals surface area contributed by atoms with Gasteiger partial charge in [0.2, 0.25) is 10.0 Å². The lowest BCUT2D eigenvalue weighted by Gasteiger charge is -2.09. The first-order valence-electron chi connectivity index (χ1n) is 8.69. The molecule has 0 amide bonds. The standard InChI is InChI=1S/C20H18ClNO6S/c1-13-2-7-17-14(11-20(24)28-18(17)10-13)12-27-19(23)8-9-22-29(25,26)16-5-3-15(21)4-6-16/h2-7,10-11,22H,8-9,12H2,1H3. The van der Waals surface area contributed by atoms with E-state index in [9.17, 15) is 18.0 Å². The van der Waals surface area contributed by atoms with Gasteiger partial charge in [-0.25, -0.2) is 17.9 Å². The zero-order valence-electron chi connectivity index (χ0n) is 15.5. The first-order chi connectivity index (χ1) is 13.7. The van der Waals surface area contributed by atoms with Gasteiger partial charge in [0.05, 0.1) is 11.3 Å². The number of halogens is 1. The van der Waals surface area contributed by atoms with Crippen molar-refractivity contribution in [2.75, 3.05) is 6.54 Å². The van der Waals surface area contributed by atoms with Crippen molar-refractivity contribution in [1.82, 2.24) is 4.72 Å². The average Bonchev–Trinajstić information content (AvgIpc) is 2.65. The summed E-state index contributed by atoms with van der Waals surface area (Å²) >= 11 is 5.74. The Morgan fingerprint density at radius 3 is 2.59 bits per heavy atom. The van der Waals surface area contributed by atoms with Crippen molar-refractivity contribution in [2.24, 2.45) is 0 Å². The Morgan fingerprint density at radius 1 is 1.14 bits per heavy atom. The van der Waals surface area contributed by atoms with E-state index in [1.54, 1.807) is 12.1 Å². The van der Waals surface area contributed by atoms with E-state index in [1.165, 1.54) is 30.3 Å². The number of benzene rings is 2. The van der Waals surface area contributed by atoms with Crippen molar-refractivity contribution >= 4 is 38.6 Å². The number of ether oxygens (including phenoxy) is 1. The molecule has 1 heterocycles. The maximum atomic E-state index is 12.2. The molecule has 1 N–H and O–H groups in total. The van der Waals surface area contributed by atoms with Crippen LogP contribution in [0.3, 0.4) is 0 Å². The summed E-state index contributed by atoms with van der Waals surface area (Å²) in [6, 6.07) is 12.3. The van der Waals surface area contributed by atoms with Crippen molar-refractivity contribution in [3.63, 3.8) is 0 Å². The lowest BCUT2D eigenvalue weighted by Crippen LogP contribution is -2.26. The first kappa shape index (κ1) is 21.0. The summed E-state index contributed by atoms with van der Waals surface area (Å²) in [6.45, 7) is 1.63. The number of fused-ring (bicyclic) bond motifs is 1. The minimum Gasteiger partial charge on any atom is -0.461 e. The maximum absolute atomic E-state index is 12.2. The van der Waals surface area contributed by atoms with Crippen molar-refractivity contribution in [1.29, 1.82) is 0 Å². The predicted octanol–water partition coefficient (Wildman–Crippen LogP) is 3.17. The minimum absolute atomic E-state index is 0.0491. The number of rotatable bonds is 7. The zero-order valence-corrected chi connectivity index (χ0v) is 17.0. The van der Waals surface area contributed by atoms with Crippen LogP contribution in [0.4, 0.5) is 0 Å². The smallest absolute Gasteiger partial charge is 0.336 e. The molecule has 0 aliphatic heterocycles. The molecule has 7 nitrogen and oxygen atoms in total. The van der Waals surface area contributed by atoms with Crippen LogP contribution in [0.1, 0.15) is 17.5 Å². The molecular formula is C20H18ClNO6S. The normalized spacial score (nSPS) is 11.5. The van der Waals surface area contributed by atoms with Crippen molar-refractivity contribution < 1.29 is 22.4 Å². The van der Waals surface area contributed by atoms with Gasteiger partial charge < -0.3 is 9.15 Å². The molecule has 0 radical (unpaired) electrons. The van der Waals surface area contributed by atoms with Crippen LogP contribution in [0.25, 0.3) is 11.0 Å². The van der Waals surface area contributed by atoms with Crippen LogP contribution in [0.2, 0.25) is 5.02 Å². The molecule has 3 aromatic rings. The lowest BCUT2D eigenvalue weighted by atomic mass is 10.1. The summed E-state index contributed by atoms with van der Waals surface area (Å²) in [5.74, 6) is -0.600. The quantitative estimate of drug-likeness (QED) is 0.451. The second-order valence-electron chi connectivity index (χ2n) is 6.35. The van der Waals surface area contributed by atoms with E-state index in [-0.39, 0.29) is 24.5 Å². The van der Waals surface area contributed by atoms with E-state index in [2.05, 4.69) is 4.72 Å². The fourth-order valence-corrected chi connectivity index (χ4v) is 3.83. The van der Waals surface area contributed by atoms with Gasteiger partial charge in [-0.05, 0) is 42.8 Å². The van der Waals surface area contributed by atoms with Gasteiger partial charge in [0.1, 0.15) is 12.2 Å². The average molecular weight is 436 g/mol. The number of nitrogens with one attached hydrogen (secondary N) is 1. The molecule has 2 aromatic carbocycles. The van der Waals surface area contributed by atoms with Gasteiger partial charge in [0, 0.05) is 28.6 Å². The number of esters is 1. The molecular weight excluding hydrogens is 418 g/mol. The second kappa shape index (κ2) is 8.77. The maximum Gasteiger partial charge on any atom is 0.336 e. The van der Waals surface area contributed by atoms with Gasteiger partial charge in [0.15, 0.2) is 0 Å². The number of hydrogen-bond donors (Lipinski definition) is 1. The molecule has 0 aliphatic carbocycles. The Labute approximate surface area is 172 Å². The van der Waals surface area contributed by atoms with Crippen LogP contribution >= 0.6 is 11.6 Å². The van der Waals surface area contributed by atoms with Crippen molar-refractivity contribution in [3.8, 4) is 0 Å². The Morgan fingerprint density at radius 2 is 1.86 bits per heavy atom. The summed E-state index contributed by atoms with van der Waals surface area (Å²) < 4.78 is 37.0. The van der Waals surface area contributed by atoms with Gasteiger partial charge in [-0.2, -0.15) is 0 Å². The number of aryl methyl sites for hydroxylation is 1. The molecule has 0 aliphatic rings. The van der Waals surface area contributed by atoms with E-state index < -0.39 is 21.6 Å².